The van der Waals surface area contributed by atoms with E-state index in [0.717, 1.165) is 29.7 Å². The van der Waals surface area contributed by atoms with E-state index in [-0.39, 0.29) is 24.1 Å². The molecular weight excluding hydrogens is 443 g/mol. The molecule has 1 fully saturated rings. The first-order chi connectivity index (χ1) is 17.1. The quantitative estimate of drug-likeness (QED) is 0.438. The lowest BCUT2D eigenvalue weighted by Crippen LogP contribution is -2.40. The smallest absolute Gasteiger partial charge is 0.250 e. The van der Waals surface area contributed by atoms with Gasteiger partial charge in [0, 0.05) is 37.0 Å². The van der Waals surface area contributed by atoms with Crippen molar-refractivity contribution >= 4 is 5.91 Å². The van der Waals surface area contributed by atoms with Crippen LogP contribution >= 0.6 is 0 Å². The molecule has 3 heterocycles. The summed E-state index contributed by atoms with van der Waals surface area (Å²) < 4.78 is 15.2. The monoisotopic (exact) mass is 466 g/mol. The maximum Gasteiger partial charge on any atom is 0.250 e. The first kappa shape index (κ1) is 22.4. The van der Waals surface area contributed by atoms with Crippen molar-refractivity contribution in [3.63, 3.8) is 0 Å². The van der Waals surface area contributed by atoms with E-state index in [4.69, 9.17) is 10.4 Å². The Morgan fingerprint density at radius 3 is 2.66 bits per heavy atom. The fourth-order valence-corrected chi connectivity index (χ4v) is 4.49. The molecule has 4 aromatic rings. The van der Waals surface area contributed by atoms with Gasteiger partial charge >= 0.3 is 0 Å². The zero-order valence-corrected chi connectivity index (χ0v) is 19.0. The molecule has 174 valence electrons. The summed E-state index contributed by atoms with van der Waals surface area (Å²) in [6.45, 7) is 1.24. The Labute approximate surface area is 202 Å². The zero-order valence-electron chi connectivity index (χ0n) is 19.0. The van der Waals surface area contributed by atoms with E-state index in [1.807, 2.05) is 17.0 Å². The van der Waals surface area contributed by atoms with Gasteiger partial charge in [-0.05, 0) is 66.9 Å². The minimum atomic E-state index is -0.304. The number of nitrogens with zero attached hydrogens (tertiary/aromatic N) is 6. The van der Waals surface area contributed by atoms with Gasteiger partial charge in [0.1, 0.15) is 5.82 Å². The van der Waals surface area contributed by atoms with Gasteiger partial charge in [-0.15, -0.1) is 0 Å². The van der Waals surface area contributed by atoms with Crippen molar-refractivity contribution in [2.75, 3.05) is 13.1 Å². The standard InChI is InChI=1S/C27H23FN6O/c28-23-9-7-21(8-10-23)24-16-25(34(32-24)27-30-11-3-12-31-27)22-6-2-13-33(18-22)26(35)15-19-4-1-5-20(14-19)17-29/h1,3-5,7-12,14,16,22H,2,6,13,15,18H2. The molecule has 8 heteroatoms. The minimum Gasteiger partial charge on any atom is -0.342 e. The third-order valence-electron chi connectivity index (χ3n) is 6.22. The molecule has 1 aliphatic heterocycles. The molecule has 1 unspecified atom stereocenters. The molecule has 0 spiro atoms. The molecule has 2 aromatic heterocycles. The molecule has 0 aliphatic carbocycles. The summed E-state index contributed by atoms with van der Waals surface area (Å²) in [5, 5.41) is 13.9. The average Bonchev–Trinajstić information content (AvgIpc) is 3.35. The van der Waals surface area contributed by atoms with Crippen LogP contribution in [0.3, 0.4) is 0 Å². The molecule has 1 aliphatic rings. The zero-order chi connectivity index (χ0) is 24.2. The predicted octanol–water partition coefficient (Wildman–Crippen LogP) is 4.29. The van der Waals surface area contributed by atoms with Gasteiger partial charge in [-0.25, -0.2) is 19.0 Å². The van der Waals surface area contributed by atoms with Gasteiger partial charge < -0.3 is 4.90 Å². The van der Waals surface area contributed by atoms with Crippen LogP contribution in [0.4, 0.5) is 4.39 Å². The van der Waals surface area contributed by atoms with Crippen LogP contribution in [-0.4, -0.2) is 43.6 Å². The van der Waals surface area contributed by atoms with Crippen molar-refractivity contribution in [1.29, 1.82) is 5.26 Å². The lowest BCUT2D eigenvalue weighted by atomic mass is 9.93. The highest BCUT2D eigenvalue weighted by molar-refractivity contribution is 5.79. The van der Waals surface area contributed by atoms with Crippen LogP contribution in [0.15, 0.2) is 73.1 Å². The van der Waals surface area contributed by atoms with Gasteiger partial charge in [-0.1, -0.05) is 12.1 Å². The molecule has 0 saturated carbocycles. The molecule has 35 heavy (non-hydrogen) atoms. The summed E-state index contributed by atoms with van der Waals surface area (Å²) in [5.41, 5.74) is 3.79. The van der Waals surface area contributed by atoms with Crippen LogP contribution in [0.2, 0.25) is 0 Å². The summed E-state index contributed by atoms with van der Waals surface area (Å²) in [5.74, 6) is 0.225. The molecule has 1 atom stereocenters. The lowest BCUT2D eigenvalue weighted by molar-refractivity contribution is -0.131. The van der Waals surface area contributed by atoms with E-state index in [1.54, 1.807) is 53.5 Å². The van der Waals surface area contributed by atoms with Crippen molar-refractivity contribution in [2.24, 2.45) is 0 Å². The van der Waals surface area contributed by atoms with E-state index < -0.39 is 0 Å². The molecule has 7 nitrogen and oxygen atoms in total. The average molecular weight is 467 g/mol. The van der Waals surface area contributed by atoms with Crippen molar-refractivity contribution in [2.45, 2.75) is 25.2 Å². The number of nitriles is 1. The summed E-state index contributed by atoms with van der Waals surface area (Å²) in [7, 11) is 0. The highest BCUT2D eigenvalue weighted by atomic mass is 19.1. The van der Waals surface area contributed by atoms with Crippen LogP contribution in [0.5, 0.6) is 0 Å². The number of carbonyl (C=O) groups is 1. The minimum absolute atomic E-state index is 0.0329. The van der Waals surface area contributed by atoms with E-state index in [0.29, 0.717) is 30.3 Å². The molecule has 1 saturated heterocycles. The van der Waals surface area contributed by atoms with Gasteiger partial charge in [0.05, 0.1) is 29.4 Å². The number of piperidine rings is 1. The largest absolute Gasteiger partial charge is 0.342 e. The Morgan fingerprint density at radius 2 is 1.89 bits per heavy atom. The molecule has 0 radical (unpaired) electrons. The number of likely N-dealkylation sites (tertiary alicyclic amines) is 1. The topological polar surface area (TPSA) is 87.7 Å². The van der Waals surface area contributed by atoms with E-state index in [9.17, 15) is 9.18 Å². The molecule has 5 rings (SSSR count). The van der Waals surface area contributed by atoms with Crippen LogP contribution in [0.25, 0.3) is 17.2 Å². The number of halogens is 1. The van der Waals surface area contributed by atoms with E-state index >= 15 is 0 Å². The van der Waals surface area contributed by atoms with E-state index in [1.165, 1.54) is 12.1 Å². The predicted molar refractivity (Wildman–Crippen MR) is 128 cm³/mol. The maximum atomic E-state index is 13.5. The van der Waals surface area contributed by atoms with Crippen LogP contribution < -0.4 is 0 Å². The Hall–Kier alpha value is -4.38. The third-order valence-corrected chi connectivity index (χ3v) is 6.22. The number of aromatic nitrogens is 4. The van der Waals surface area contributed by atoms with E-state index in [2.05, 4.69) is 16.0 Å². The number of hydrogen-bond donors (Lipinski definition) is 0. The number of amides is 1. The first-order valence-electron chi connectivity index (χ1n) is 11.5. The third kappa shape index (κ3) is 4.94. The van der Waals surface area contributed by atoms with Crippen molar-refractivity contribution in [1.82, 2.24) is 24.6 Å². The lowest BCUT2D eigenvalue weighted by Gasteiger charge is -2.33. The number of hydrogen-bond acceptors (Lipinski definition) is 5. The van der Waals surface area contributed by atoms with Gasteiger partial charge in [-0.3, -0.25) is 4.79 Å². The van der Waals surface area contributed by atoms with Crippen LogP contribution in [-0.2, 0) is 11.2 Å². The molecule has 2 aromatic carbocycles. The number of carbonyl (C=O) groups excluding carboxylic acids is 1. The Balaban J connectivity index is 1.42. The molecule has 0 N–H and O–H groups in total. The molecular formula is C27H23FN6O. The summed E-state index contributed by atoms with van der Waals surface area (Å²) in [4.78, 5) is 23.7. The SMILES string of the molecule is N#Cc1cccc(CC(=O)N2CCCC(c3cc(-c4ccc(F)cc4)nn3-c3ncccn3)C2)c1. The van der Waals surface area contributed by atoms with Crippen LogP contribution in [0.1, 0.15) is 35.6 Å². The Morgan fingerprint density at radius 1 is 1.09 bits per heavy atom. The van der Waals surface area contributed by atoms with Gasteiger partial charge in [0.15, 0.2) is 0 Å². The normalized spacial score (nSPS) is 15.5. The number of rotatable bonds is 5. The second-order valence-corrected chi connectivity index (χ2v) is 8.59. The second kappa shape index (κ2) is 9.85. The number of benzene rings is 2. The van der Waals surface area contributed by atoms with Gasteiger partial charge in [0.25, 0.3) is 5.95 Å². The highest BCUT2D eigenvalue weighted by Gasteiger charge is 2.29. The summed E-state index contributed by atoms with van der Waals surface area (Å²) in [6.07, 6.45) is 5.34. The fraction of sp³-hybridized carbons (Fsp3) is 0.222. The van der Waals surface area contributed by atoms with Crippen molar-refractivity contribution in [3.05, 3.63) is 95.7 Å². The first-order valence-corrected chi connectivity index (χ1v) is 11.5. The Kier molecular flexibility index (Phi) is 6.31. The summed E-state index contributed by atoms with van der Waals surface area (Å²) >= 11 is 0. The maximum absolute atomic E-state index is 13.5. The Bertz CT molecular complexity index is 1380. The molecule has 0 bridgehead atoms. The highest BCUT2D eigenvalue weighted by Crippen LogP contribution is 2.31. The van der Waals surface area contributed by atoms with Gasteiger partial charge in [0.2, 0.25) is 5.91 Å². The second-order valence-electron chi connectivity index (χ2n) is 8.59. The summed E-state index contributed by atoms with van der Waals surface area (Å²) in [6, 6.07) is 19.2. The fourth-order valence-electron chi connectivity index (χ4n) is 4.49. The van der Waals surface area contributed by atoms with Crippen molar-refractivity contribution < 1.29 is 9.18 Å². The van der Waals surface area contributed by atoms with Gasteiger partial charge in [-0.2, -0.15) is 10.4 Å². The molecule has 1 amide bonds. The van der Waals surface area contributed by atoms with Crippen molar-refractivity contribution in [3.8, 4) is 23.3 Å². The van der Waals surface area contributed by atoms with Crippen LogP contribution in [0, 0.1) is 17.1 Å².